The van der Waals surface area contributed by atoms with E-state index >= 15 is 0 Å². The smallest absolute Gasteiger partial charge is 0.259 e. The van der Waals surface area contributed by atoms with E-state index in [4.69, 9.17) is 4.98 Å². The Hall–Kier alpha value is -2.64. The van der Waals surface area contributed by atoms with Crippen LogP contribution in [0, 0.1) is 0 Å². The van der Waals surface area contributed by atoms with Crippen molar-refractivity contribution in [1.29, 1.82) is 0 Å². The second kappa shape index (κ2) is 7.65. The van der Waals surface area contributed by atoms with Gasteiger partial charge in [-0.2, -0.15) is 0 Å². The van der Waals surface area contributed by atoms with Crippen LogP contribution in [0.1, 0.15) is 33.6 Å². The van der Waals surface area contributed by atoms with Gasteiger partial charge in [-0.25, -0.2) is 9.97 Å². The number of H-pyrrole nitrogens is 1. The fourth-order valence-electron chi connectivity index (χ4n) is 3.87. The molecule has 5 rings (SSSR count). The SMILES string of the molecule is CSc1ncccc1C(=O)Nc1sc2c(c1-c1nc3ccccc3[nH]1)CCCC2. The number of nitrogens with zero attached hydrogens (tertiary/aromatic N) is 2. The molecule has 0 saturated carbocycles. The Morgan fingerprint density at radius 2 is 2.03 bits per heavy atom. The Morgan fingerprint density at radius 3 is 2.90 bits per heavy atom. The summed E-state index contributed by atoms with van der Waals surface area (Å²) in [6.45, 7) is 0. The number of aromatic nitrogens is 3. The third-order valence-corrected chi connectivity index (χ3v) is 7.15. The molecule has 7 heteroatoms. The number of nitrogens with one attached hydrogen (secondary N) is 2. The minimum atomic E-state index is -0.126. The minimum absolute atomic E-state index is 0.126. The summed E-state index contributed by atoms with van der Waals surface area (Å²) in [5, 5.41) is 4.77. The van der Waals surface area contributed by atoms with E-state index in [0.29, 0.717) is 5.56 Å². The molecule has 1 aliphatic rings. The van der Waals surface area contributed by atoms with Gasteiger partial charge in [-0.3, -0.25) is 4.79 Å². The van der Waals surface area contributed by atoms with Crippen molar-refractivity contribution >= 4 is 45.0 Å². The van der Waals surface area contributed by atoms with Gasteiger partial charge in [-0.05, 0) is 61.8 Å². The maximum absolute atomic E-state index is 13.1. The van der Waals surface area contributed by atoms with Crippen LogP contribution in [-0.4, -0.2) is 27.1 Å². The van der Waals surface area contributed by atoms with E-state index in [9.17, 15) is 4.79 Å². The second-order valence-corrected chi connectivity index (χ2v) is 8.93. The number of benzene rings is 1. The molecular weight excluding hydrogens is 400 g/mol. The Morgan fingerprint density at radius 1 is 1.17 bits per heavy atom. The monoisotopic (exact) mass is 420 g/mol. The van der Waals surface area contributed by atoms with Gasteiger partial charge in [0.25, 0.3) is 5.91 Å². The second-order valence-electron chi connectivity index (χ2n) is 7.03. The van der Waals surface area contributed by atoms with Crippen molar-refractivity contribution in [3.8, 4) is 11.4 Å². The Kier molecular flexibility index (Phi) is 4.85. The zero-order valence-corrected chi connectivity index (χ0v) is 17.6. The molecule has 0 bridgehead atoms. The van der Waals surface area contributed by atoms with Crippen LogP contribution in [0.5, 0.6) is 0 Å². The number of pyridine rings is 1. The van der Waals surface area contributed by atoms with Crippen LogP contribution in [0.4, 0.5) is 5.00 Å². The first kappa shape index (κ1) is 18.4. The summed E-state index contributed by atoms with van der Waals surface area (Å²) in [5.74, 6) is 0.704. The molecule has 2 N–H and O–H groups in total. The number of hydrogen-bond acceptors (Lipinski definition) is 5. The summed E-state index contributed by atoms with van der Waals surface area (Å²) in [6.07, 6.45) is 8.10. The van der Waals surface area contributed by atoms with Crippen molar-refractivity contribution in [3.63, 3.8) is 0 Å². The number of aryl methyl sites for hydroxylation is 1. The molecule has 0 unspecified atom stereocenters. The number of fused-ring (bicyclic) bond motifs is 2. The Balaban J connectivity index is 1.59. The lowest BCUT2D eigenvalue weighted by Crippen LogP contribution is -2.13. The van der Waals surface area contributed by atoms with Crippen molar-refractivity contribution in [1.82, 2.24) is 15.0 Å². The predicted molar refractivity (Wildman–Crippen MR) is 120 cm³/mol. The molecule has 4 aromatic rings. The summed E-state index contributed by atoms with van der Waals surface area (Å²) in [6, 6.07) is 11.7. The molecule has 3 aromatic heterocycles. The zero-order chi connectivity index (χ0) is 19.8. The molecule has 1 aromatic carbocycles. The van der Waals surface area contributed by atoms with Crippen molar-refractivity contribution in [3.05, 3.63) is 58.6 Å². The van der Waals surface area contributed by atoms with Gasteiger partial charge in [-0.1, -0.05) is 12.1 Å². The lowest BCUT2D eigenvalue weighted by molar-refractivity contribution is 0.102. The molecule has 29 heavy (non-hydrogen) atoms. The van der Waals surface area contributed by atoms with E-state index in [1.807, 2.05) is 36.6 Å². The summed E-state index contributed by atoms with van der Waals surface area (Å²) >= 11 is 3.16. The first-order valence-electron chi connectivity index (χ1n) is 9.64. The molecule has 0 radical (unpaired) electrons. The van der Waals surface area contributed by atoms with E-state index in [1.54, 1.807) is 23.6 Å². The van der Waals surface area contributed by atoms with Gasteiger partial charge in [0.1, 0.15) is 15.9 Å². The van der Waals surface area contributed by atoms with E-state index < -0.39 is 0 Å². The van der Waals surface area contributed by atoms with Gasteiger partial charge in [0.05, 0.1) is 22.2 Å². The molecule has 1 amide bonds. The molecule has 1 aliphatic carbocycles. The van der Waals surface area contributed by atoms with Crippen LogP contribution in [0.3, 0.4) is 0 Å². The highest BCUT2D eigenvalue weighted by molar-refractivity contribution is 7.98. The average Bonchev–Trinajstić information content (AvgIpc) is 3.34. The lowest BCUT2D eigenvalue weighted by Gasteiger charge is -2.12. The highest BCUT2D eigenvalue weighted by Crippen LogP contribution is 2.44. The number of thioether (sulfide) groups is 1. The number of rotatable bonds is 4. The molecule has 3 heterocycles. The number of carbonyl (C=O) groups is 1. The topological polar surface area (TPSA) is 70.7 Å². The summed E-state index contributed by atoms with van der Waals surface area (Å²) < 4.78 is 0. The molecule has 146 valence electrons. The molecule has 5 nitrogen and oxygen atoms in total. The van der Waals surface area contributed by atoms with E-state index in [1.165, 1.54) is 35.0 Å². The maximum Gasteiger partial charge on any atom is 0.259 e. The minimum Gasteiger partial charge on any atom is -0.338 e. The largest absolute Gasteiger partial charge is 0.338 e. The van der Waals surface area contributed by atoms with Crippen LogP contribution in [-0.2, 0) is 12.8 Å². The van der Waals surface area contributed by atoms with Gasteiger partial charge in [0.15, 0.2) is 0 Å². The number of para-hydroxylation sites is 2. The summed E-state index contributed by atoms with van der Waals surface area (Å²) in [4.78, 5) is 27.0. The fraction of sp³-hybridized carbons (Fsp3) is 0.227. The molecule has 0 fully saturated rings. The quantitative estimate of drug-likeness (QED) is 0.425. The number of hydrogen-bond donors (Lipinski definition) is 2. The third kappa shape index (κ3) is 3.34. The van der Waals surface area contributed by atoms with E-state index in [2.05, 4.69) is 15.3 Å². The number of imidazole rings is 1. The van der Waals surface area contributed by atoms with Crippen LogP contribution in [0.2, 0.25) is 0 Å². The fourth-order valence-corrected chi connectivity index (χ4v) is 5.71. The average molecular weight is 421 g/mol. The number of aromatic amines is 1. The van der Waals surface area contributed by atoms with Gasteiger partial charge in [0.2, 0.25) is 0 Å². The van der Waals surface area contributed by atoms with Gasteiger partial charge in [0, 0.05) is 11.1 Å². The number of carbonyl (C=O) groups excluding carboxylic acids is 1. The zero-order valence-electron chi connectivity index (χ0n) is 16.0. The number of thiophene rings is 1. The summed E-state index contributed by atoms with van der Waals surface area (Å²) in [7, 11) is 0. The van der Waals surface area contributed by atoms with Crippen molar-refractivity contribution in [2.24, 2.45) is 0 Å². The molecule has 0 aliphatic heterocycles. The van der Waals surface area contributed by atoms with Crippen LogP contribution < -0.4 is 5.32 Å². The van der Waals surface area contributed by atoms with Gasteiger partial charge in [-0.15, -0.1) is 23.1 Å². The Bertz CT molecular complexity index is 1180. The molecular formula is C22H20N4OS2. The molecule has 0 atom stereocenters. The Labute approximate surface area is 177 Å². The molecule has 0 spiro atoms. The van der Waals surface area contributed by atoms with Crippen molar-refractivity contribution in [2.75, 3.05) is 11.6 Å². The number of amides is 1. The van der Waals surface area contributed by atoms with Crippen LogP contribution in [0.25, 0.3) is 22.4 Å². The number of anilines is 1. The van der Waals surface area contributed by atoms with Gasteiger partial charge >= 0.3 is 0 Å². The maximum atomic E-state index is 13.1. The lowest BCUT2D eigenvalue weighted by atomic mass is 9.95. The van der Waals surface area contributed by atoms with Crippen LogP contribution in [0.15, 0.2) is 47.6 Å². The first-order chi connectivity index (χ1) is 14.2. The molecule has 0 saturated heterocycles. The third-order valence-electron chi connectivity index (χ3n) is 5.23. The van der Waals surface area contributed by atoms with Crippen molar-refractivity contribution in [2.45, 2.75) is 30.7 Å². The predicted octanol–water partition coefficient (Wildman–Crippen LogP) is 5.54. The van der Waals surface area contributed by atoms with Crippen molar-refractivity contribution < 1.29 is 4.79 Å². The normalized spacial score (nSPS) is 13.4. The van der Waals surface area contributed by atoms with Crippen LogP contribution >= 0.6 is 23.1 Å². The highest BCUT2D eigenvalue weighted by Gasteiger charge is 2.25. The highest BCUT2D eigenvalue weighted by atomic mass is 32.2. The van der Waals surface area contributed by atoms with Gasteiger partial charge < -0.3 is 10.3 Å². The van der Waals surface area contributed by atoms with E-state index in [-0.39, 0.29) is 5.91 Å². The standard InChI is InChI=1S/C22H20N4OS2/c1-28-21-14(8-6-12-23-21)20(27)26-22-18(13-7-2-5-11-17(13)29-22)19-24-15-9-3-4-10-16(15)25-19/h3-4,6,8-10,12H,2,5,7,11H2,1H3,(H,24,25)(H,26,27). The summed E-state index contributed by atoms with van der Waals surface area (Å²) in [5.41, 5.74) is 4.91. The van der Waals surface area contributed by atoms with E-state index in [0.717, 1.165) is 45.3 Å². The first-order valence-corrected chi connectivity index (χ1v) is 11.7.